The van der Waals surface area contributed by atoms with Crippen LogP contribution in [0.4, 0.5) is 0 Å². The fraction of sp³-hybridized carbons (Fsp3) is 1.00. The van der Waals surface area contributed by atoms with Crippen molar-refractivity contribution in [1.82, 2.24) is 0 Å². The second-order valence-electron chi connectivity index (χ2n) is 3.77. The van der Waals surface area contributed by atoms with Gasteiger partial charge in [0, 0.05) is 0 Å². The zero-order chi connectivity index (χ0) is 12.9. The number of hydrogen-bond donors (Lipinski definition) is 0. The van der Waals surface area contributed by atoms with Crippen LogP contribution in [-0.2, 0) is 0 Å². The van der Waals surface area contributed by atoms with Gasteiger partial charge in [-0.3, -0.25) is 0 Å². The van der Waals surface area contributed by atoms with Crippen LogP contribution in [0.3, 0.4) is 0 Å². The van der Waals surface area contributed by atoms with Crippen molar-refractivity contribution >= 4 is 0 Å². The molecule has 0 radical (unpaired) electrons. The van der Waals surface area contributed by atoms with Gasteiger partial charge >= 0.3 is 0 Å². The molecule has 0 bridgehead atoms. The predicted octanol–water partition coefficient (Wildman–Crippen LogP) is 14.5. The zero-order valence-corrected chi connectivity index (χ0v) is 12.9. The van der Waals surface area contributed by atoms with E-state index in [2.05, 4.69) is 55.4 Å². The summed E-state index contributed by atoms with van der Waals surface area (Å²) >= 11 is 0. The number of rotatable bonds is 3. The summed E-state index contributed by atoms with van der Waals surface area (Å²) in [4.78, 5) is 0. The van der Waals surface area contributed by atoms with Crippen molar-refractivity contribution in [3.05, 3.63) is 0 Å². The molecule has 0 aromatic rings. The summed E-state index contributed by atoms with van der Waals surface area (Å²) < 4.78 is 0. The van der Waals surface area contributed by atoms with E-state index in [-0.39, 0.29) is 89.1 Å². The van der Waals surface area contributed by atoms with Crippen LogP contribution in [-0.4, -0.2) is 0 Å². The van der Waals surface area contributed by atoms with Gasteiger partial charge in [-0.2, -0.15) is 0 Å². The summed E-state index contributed by atoms with van der Waals surface area (Å²) in [6, 6.07) is 0. The minimum atomic E-state index is 0. The third-order valence-electron chi connectivity index (χ3n) is 1.21. The molecule has 0 aliphatic heterocycles. The lowest BCUT2D eigenvalue weighted by Gasteiger charge is -1.79. The molecule has 0 heteroatoms. The maximum Gasteiger partial charge on any atom is -0.0538 e. The molecular formula is C27H86. The smallest absolute Gasteiger partial charge is 0.0538 e. The van der Waals surface area contributed by atoms with Gasteiger partial charge in [-0.25, -0.2) is 0 Å². The highest BCUT2D eigenvalue weighted by Crippen LogP contribution is 1.88. The quantitative estimate of drug-likeness (QED) is 0.433. The van der Waals surface area contributed by atoms with Gasteiger partial charge in [-0.1, -0.05) is 189 Å². The lowest BCUT2D eigenvalue weighted by molar-refractivity contribution is 0.772. The Morgan fingerprint density at radius 1 is 0.259 bits per heavy atom. The van der Waals surface area contributed by atoms with Crippen LogP contribution in [0, 0.1) is 0 Å². The number of hydrogen-bond acceptors (Lipinski definition) is 0. The minimum Gasteiger partial charge on any atom is -0.0776 e. The summed E-state index contributed by atoms with van der Waals surface area (Å²) in [5, 5.41) is 0. The molecular weight excluding hydrogens is 324 g/mol. The summed E-state index contributed by atoms with van der Waals surface area (Å²) in [5.74, 6) is 0. The SMILES string of the molecule is C.C.C.C.C.C.C.C.C.C.C.C.CCC.CCC.CCCC.CCCCC. The minimum absolute atomic E-state index is 0. The van der Waals surface area contributed by atoms with E-state index in [0.29, 0.717) is 0 Å². The molecule has 0 nitrogen and oxygen atoms in total. The number of unbranched alkanes of at least 4 members (excludes halogenated alkanes) is 3. The molecule has 0 saturated carbocycles. The van der Waals surface area contributed by atoms with Gasteiger partial charge in [0.15, 0.2) is 0 Å². The molecule has 0 atom stereocenters. The van der Waals surface area contributed by atoms with Crippen molar-refractivity contribution in [2.24, 2.45) is 0 Å². The summed E-state index contributed by atoms with van der Waals surface area (Å²) in [7, 11) is 0. The van der Waals surface area contributed by atoms with Crippen LogP contribution in [0.1, 0.15) is 189 Å². The first-order valence-corrected chi connectivity index (χ1v) is 7.16. The van der Waals surface area contributed by atoms with Gasteiger partial charge in [-0.05, 0) is 0 Å². The van der Waals surface area contributed by atoms with E-state index in [1.807, 2.05) is 0 Å². The normalized spacial score (nSPS) is 4.00. The van der Waals surface area contributed by atoms with Crippen molar-refractivity contribution in [3.8, 4) is 0 Å². The van der Waals surface area contributed by atoms with Crippen molar-refractivity contribution < 1.29 is 0 Å². The molecule has 0 aliphatic rings. The van der Waals surface area contributed by atoms with E-state index >= 15 is 0 Å². The second kappa shape index (κ2) is 332. The van der Waals surface area contributed by atoms with Crippen LogP contribution in [0.5, 0.6) is 0 Å². The van der Waals surface area contributed by atoms with E-state index < -0.39 is 0 Å². The fourth-order valence-corrected chi connectivity index (χ4v) is 0.354. The van der Waals surface area contributed by atoms with Crippen LogP contribution < -0.4 is 0 Å². The Morgan fingerprint density at radius 2 is 0.370 bits per heavy atom. The Bertz CT molecular complexity index is 33.3. The molecule has 0 aromatic heterocycles. The zero-order valence-electron chi connectivity index (χ0n) is 12.9. The van der Waals surface area contributed by atoms with Gasteiger partial charge in [0.05, 0.1) is 0 Å². The molecule has 0 spiro atoms. The van der Waals surface area contributed by atoms with Crippen molar-refractivity contribution in [1.29, 1.82) is 0 Å². The molecule has 0 N–H and O–H groups in total. The average Bonchev–Trinajstić information content (AvgIpc) is 2.22. The van der Waals surface area contributed by atoms with Crippen LogP contribution in [0.2, 0.25) is 0 Å². The highest BCUT2D eigenvalue weighted by atomic mass is 13.7. The Balaban J connectivity index is -0.00000000376. The second-order valence-corrected chi connectivity index (χ2v) is 3.77. The van der Waals surface area contributed by atoms with Crippen LogP contribution in [0.25, 0.3) is 0 Å². The molecule has 0 heterocycles. The summed E-state index contributed by atoms with van der Waals surface area (Å²) in [6.45, 7) is 17.3. The molecule has 0 unspecified atom stereocenters. The molecule has 0 amide bonds. The Morgan fingerprint density at radius 3 is 0.370 bits per heavy atom. The molecule has 0 fully saturated rings. The third-order valence-corrected chi connectivity index (χ3v) is 1.21. The molecule has 27 heavy (non-hydrogen) atoms. The molecule has 0 rings (SSSR count). The Hall–Kier alpha value is 0. The van der Waals surface area contributed by atoms with E-state index in [1.54, 1.807) is 0 Å². The maximum atomic E-state index is 2.21. The van der Waals surface area contributed by atoms with Crippen molar-refractivity contribution in [3.63, 3.8) is 0 Å². The van der Waals surface area contributed by atoms with E-state index in [4.69, 9.17) is 0 Å². The van der Waals surface area contributed by atoms with E-state index in [0.717, 1.165) is 0 Å². The third kappa shape index (κ3) is 1660. The summed E-state index contributed by atoms with van der Waals surface area (Å²) in [5.41, 5.74) is 0. The van der Waals surface area contributed by atoms with E-state index in [9.17, 15) is 0 Å². The van der Waals surface area contributed by atoms with Crippen LogP contribution in [0.15, 0.2) is 0 Å². The van der Waals surface area contributed by atoms with Gasteiger partial charge in [0.25, 0.3) is 0 Å². The molecule has 0 aliphatic carbocycles. The molecule has 194 valence electrons. The first-order valence-electron chi connectivity index (χ1n) is 7.16. The van der Waals surface area contributed by atoms with E-state index in [1.165, 1.54) is 44.9 Å². The average molecular weight is 411 g/mol. The monoisotopic (exact) mass is 411 g/mol. The van der Waals surface area contributed by atoms with Crippen molar-refractivity contribution in [2.45, 2.75) is 189 Å². The van der Waals surface area contributed by atoms with Gasteiger partial charge in [0.1, 0.15) is 0 Å². The first kappa shape index (κ1) is 151. The fourth-order valence-electron chi connectivity index (χ4n) is 0.354. The van der Waals surface area contributed by atoms with Crippen molar-refractivity contribution in [2.75, 3.05) is 0 Å². The Kier molecular flexibility index (Phi) is 1850. The lowest BCUT2D eigenvalue weighted by atomic mass is 10.3. The first-order chi connectivity index (χ1) is 7.16. The van der Waals surface area contributed by atoms with Gasteiger partial charge in [-0.15, -0.1) is 0 Å². The summed E-state index contributed by atoms with van der Waals surface area (Å²) in [6.07, 6.45) is 9.22. The van der Waals surface area contributed by atoms with Gasteiger partial charge < -0.3 is 0 Å². The Labute approximate surface area is 189 Å². The largest absolute Gasteiger partial charge is 0.0776 e. The lowest BCUT2D eigenvalue weighted by Crippen LogP contribution is -1.59. The topological polar surface area (TPSA) is 0 Å². The maximum absolute atomic E-state index is 2.21. The molecule has 0 aromatic carbocycles. The predicted molar refractivity (Wildman–Crippen MR) is 158 cm³/mol. The van der Waals surface area contributed by atoms with Gasteiger partial charge in [0.2, 0.25) is 0 Å². The highest BCUT2D eigenvalue weighted by molar-refractivity contribution is 4.24. The van der Waals surface area contributed by atoms with Crippen LogP contribution >= 0.6 is 0 Å². The standard InChI is InChI=1S/C5H12.C4H10.2C3H8.12CH4/c1-3-5-4-2;1-3-4-2;2*1-3-2;;;;;;;;;;;;/h3-5H2,1-2H3;3-4H2,1-2H3;2*3H2,1-2H3;12*1H4. The highest BCUT2D eigenvalue weighted by Gasteiger charge is 1.68. The molecule has 0 saturated heterocycles.